The van der Waals surface area contributed by atoms with Crippen LogP contribution in [-0.2, 0) is 0 Å². The van der Waals surface area contributed by atoms with Crippen LogP contribution in [-0.4, -0.2) is 21.9 Å². The molecule has 1 fully saturated rings. The molecule has 2 unspecified atom stereocenters. The zero-order chi connectivity index (χ0) is 14.8. The van der Waals surface area contributed by atoms with Crippen LogP contribution in [0.25, 0.3) is 0 Å². The molecule has 1 aromatic rings. The van der Waals surface area contributed by atoms with E-state index in [0.717, 1.165) is 29.1 Å². The molecule has 0 saturated heterocycles. The second-order valence-corrected chi connectivity index (χ2v) is 7.21. The van der Waals surface area contributed by atoms with Crippen LogP contribution in [0.15, 0.2) is 22.7 Å². The van der Waals surface area contributed by atoms with Crippen molar-refractivity contribution < 1.29 is 9.90 Å². The van der Waals surface area contributed by atoms with Crippen molar-refractivity contribution in [2.75, 3.05) is 5.33 Å². The first-order valence-electron chi connectivity index (χ1n) is 6.83. The number of halogens is 2. The highest BCUT2D eigenvalue weighted by Crippen LogP contribution is 2.34. The van der Waals surface area contributed by atoms with Gasteiger partial charge in [-0.15, -0.1) is 0 Å². The van der Waals surface area contributed by atoms with Gasteiger partial charge in [-0.25, -0.2) is 0 Å². The molecule has 1 aromatic carbocycles. The van der Waals surface area contributed by atoms with Gasteiger partial charge in [0.05, 0.1) is 11.1 Å². The van der Waals surface area contributed by atoms with Gasteiger partial charge in [-0.3, -0.25) is 4.79 Å². The van der Waals surface area contributed by atoms with Crippen LogP contribution in [0.5, 0.6) is 5.75 Å². The number of nitrogens with one attached hydrogen (secondary N) is 1. The van der Waals surface area contributed by atoms with Gasteiger partial charge in [0.2, 0.25) is 0 Å². The van der Waals surface area contributed by atoms with Crippen LogP contribution in [0, 0.1) is 5.92 Å². The zero-order valence-electron chi connectivity index (χ0n) is 11.5. The van der Waals surface area contributed by atoms with Crippen LogP contribution in [0.3, 0.4) is 0 Å². The van der Waals surface area contributed by atoms with Crippen molar-refractivity contribution in [3.63, 3.8) is 0 Å². The number of alkyl halides is 1. The maximum Gasteiger partial charge on any atom is 0.255 e. The van der Waals surface area contributed by atoms with E-state index in [2.05, 4.69) is 44.1 Å². The Bertz CT molecular complexity index is 507. The summed E-state index contributed by atoms with van der Waals surface area (Å²) >= 11 is 6.87. The molecule has 1 aliphatic rings. The minimum Gasteiger partial charge on any atom is -0.507 e. The molecule has 0 aliphatic heterocycles. The van der Waals surface area contributed by atoms with Gasteiger partial charge in [-0.05, 0) is 37.0 Å². The van der Waals surface area contributed by atoms with E-state index in [-0.39, 0.29) is 17.2 Å². The summed E-state index contributed by atoms with van der Waals surface area (Å²) in [6.45, 7) is 2.22. The van der Waals surface area contributed by atoms with Crippen molar-refractivity contribution in [1.82, 2.24) is 5.32 Å². The fraction of sp³-hybridized carbons (Fsp3) is 0.533. The molecule has 2 atom stereocenters. The molecule has 2 rings (SSSR count). The van der Waals surface area contributed by atoms with Crippen LogP contribution in [0.4, 0.5) is 0 Å². The van der Waals surface area contributed by atoms with Crippen molar-refractivity contribution in [3.8, 4) is 5.75 Å². The minimum absolute atomic E-state index is 0.0132. The third kappa shape index (κ3) is 3.55. The lowest BCUT2D eigenvalue weighted by molar-refractivity contribution is 0.0867. The van der Waals surface area contributed by atoms with E-state index in [1.807, 2.05) is 0 Å². The molecular weight excluding hydrogens is 386 g/mol. The van der Waals surface area contributed by atoms with Crippen LogP contribution in [0.1, 0.15) is 43.0 Å². The molecule has 3 nitrogen and oxygen atoms in total. The third-order valence-corrected chi connectivity index (χ3v) is 5.50. The van der Waals surface area contributed by atoms with Gasteiger partial charge in [0.25, 0.3) is 5.91 Å². The summed E-state index contributed by atoms with van der Waals surface area (Å²) in [6, 6.07) is 4.90. The van der Waals surface area contributed by atoms with Crippen molar-refractivity contribution >= 4 is 37.8 Å². The summed E-state index contributed by atoms with van der Waals surface area (Å²) < 4.78 is 0.783. The first kappa shape index (κ1) is 15.8. The number of hydrogen-bond acceptors (Lipinski definition) is 2. The summed E-state index contributed by atoms with van der Waals surface area (Å²) in [5.74, 6) is 0.411. The summed E-state index contributed by atoms with van der Waals surface area (Å²) in [4.78, 5) is 12.4. The number of amides is 1. The molecule has 1 aliphatic carbocycles. The maximum absolute atomic E-state index is 12.4. The average Bonchev–Trinajstić information content (AvgIpc) is 2.41. The number of carbonyl (C=O) groups excluding carboxylic acids is 1. The van der Waals surface area contributed by atoms with E-state index in [9.17, 15) is 9.90 Å². The molecule has 0 bridgehead atoms. The molecule has 2 N–H and O–H groups in total. The van der Waals surface area contributed by atoms with E-state index < -0.39 is 0 Å². The third-order valence-electron chi connectivity index (χ3n) is 3.93. The molecule has 5 heteroatoms. The first-order chi connectivity index (χ1) is 9.46. The largest absolute Gasteiger partial charge is 0.507 e. The van der Waals surface area contributed by atoms with Gasteiger partial charge in [0.15, 0.2) is 0 Å². The lowest BCUT2D eigenvalue weighted by Gasteiger charge is -2.39. The quantitative estimate of drug-likeness (QED) is 0.740. The highest BCUT2D eigenvalue weighted by molar-refractivity contribution is 9.10. The number of carbonyl (C=O) groups is 1. The van der Waals surface area contributed by atoms with Gasteiger partial charge in [0, 0.05) is 9.80 Å². The second-order valence-electron chi connectivity index (χ2n) is 5.73. The van der Waals surface area contributed by atoms with E-state index >= 15 is 0 Å². The molecule has 110 valence electrons. The van der Waals surface area contributed by atoms with Gasteiger partial charge in [0.1, 0.15) is 5.75 Å². The molecule has 20 heavy (non-hydrogen) atoms. The Morgan fingerprint density at radius 3 is 2.95 bits per heavy atom. The fourth-order valence-electron chi connectivity index (χ4n) is 2.93. The lowest BCUT2D eigenvalue weighted by Crippen LogP contribution is -2.52. The standard InChI is InChI=1S/C15H19Br2NO2/c1-10-3-2-6-15(8-10,9-16)18-14(20)12-7-11(17)4-5-13(12)19/h4-5,7,10,19H,2-3,6,8-9H2,1H3,(H,18,20). The van der Waals surface area contributed by atoms with E-state index in [4.69, 9.17) is 0 Å². The summed E-state index contributed by atoms with van der Waals surface area (Å²) in [7, 11) is 0. The van der Waals surface area contributed by atoms with Crippen molar-refractivity contribution in [3.05, 3.63) is 28.2 Å². The predicted molar refractivity (Wildman–Crippen MR) is 87.4 cm³/mol. The Morgan fingerprint density at radius 1 is 1.55 bits per heavy atom. The normalized spacial score (nSPS) is 26.2. The smallest absolute Gasteiger partial charge is 0.255 e. The Labute approximate surface area is 136 Å². The number of hydrogen-bond donors (Lipinski definition) is 2. The van der Waals surface area contributed by atoms with Gasteiger partial charge < -0.3 is 10.4 Å². The number of benzene rings is 1. The number of phenols is 1. The van der Waals surface area contributed by atoms with Crippen LogP contribution < -0.4 is 5.32 Å². The Hall–Kier alpha value is -0.550. The molecular formula is C15H19Br2NO2. The molecule has 1 saturated carbocycles. The second kappa shape index (κ2) is 6.48. The van der Waals surface area contributed by atoms with Gasteiger partial charge in [-0.1, -0.05) is 51.6 Å². The molecule has 0 aromatic heterocycles. The number of phenolic OH excluding ortho intramolecular Hbond substituents is 1. The van der Waals surface area contributed by atoms with Crippen molar-refractivity contribution in [2.24, 2.45) is 5.92 Å². The van der Waals surface area contributed by atoms with Crippen molar-refractivity contribution in [1.29, 1.82) is 0 Å². The Balaban J connectivity index is 2.19. The summed E-state index contributed by atoms with van der Waals surface area (Å²) in [5.41, 5.74) is 0.113. The van der Waals surface area contributed by atoms with E-state index in [1.165, 1.54) is 12.5 Å². The van der Waals surface area contributed by atoms with Crippen LogP contribution in [0.2, 0.25) is 0 Å². The Kier molecular flexibility index (Phi) is 5.13. The Morgan fingerprint density at radius 2 is 2.30 bits per heavy atom. The minimum atomic E-state index is -0.211. The molecule has 0 spiro atoms. The SMILES string of the molecule is CC1CCCC(CBr)(NC(=O)c2cc(Br)ccc2O)C1. The summed E-state index contributed by atoms with van der Waals surface area (Å²) in [6.07, 6.45) is 4.28. The number of rotatable bonds is 3. The topological polar surface area (TPSA) is 49.3 Å². The molecule has 0 radical (unpaired) electrons. The highest BCUT2D eigenvalue weighted by atomic mass is 79.9. The van der Waals surface area contributed by atoms with Crippen LogP contribution >= 0.6 is 31.9 Å². The predicted octanol–water partition coefficient (Wildman–Crippen LogP) is 4.23. The maximum atomic E-state index is 12.4. The van der Waals surface area contributed by atoms with E-state index in [0.29, 0.717) is 11.5 Å². The fourth-order valence-corrected chi connectivity index (χ4v) is 3.94. The van der Waals surface area contributed by atoms with Crippen molar-refractivity contribution in [2.45, 2.75) is 38.1 Å². The monoisotopic (exact) mass is 403 g/mol. The lowest BCUT2D eigenvalue weighted by atomic mass is 9.77. The molecule has 0 heterocycles. The molecule has 1 amide bonds. The average molecular weight is 405 g/mol. The van der Waals surface area contributed by atoms with E-state index in [1.54, 1.807) is 12.1 Å². The van der Waals surface area contributed by atoms with Gasteiger partial charge in [-0.2, -0.15) is 0 Å². The highest BCUT2D eigenvalue weighted by Gasteiger charge is 2.35. The summed E-state index contributed by atoms with van der Waals surface area (Å²) in [5, 5.41) is 13.7. The first-order valence-corrected chi connectivity index (χ1v) is 8.74. The van der Waals surface area contributed by atoms with Gasteiger partial charge >= 0.3 is 0 Å². The number of aromatic hydroxyl groups is 1. The zero-order valence-corrected chi connectivity index (χ0v) is 14.6.